The van der Waals surface area contributed by atoms with E-state index in [0.717, 1.165) is 12.8 Å². The first-order valence-electron chi connectivity index (χ1n) is 4.58. The summed E-state index contributed by atoms with van der Waals surface area (Å²) >= 11 is 0. The average molecular weight is 186 g/mol. The zero-order valence-corrected chi connectivity index (χ0v) is 7.44. The zero-order chi connectivity index (χ0) is 9.26. The number of hydroxylamine groups is 2. The molecule has 2 fully saturated rings. The Morgan fingerprint density at radius 3 is 2.62 bits per heavy atom. The van der Waals surface area contributed by atoms with E-state index in [-0.39, 0.29) is 11.9 Å². The first-order valence-corrected chi connectivity index (χ1v) is 4.58. The van der Waals surface area contributed by atoms with Gasteiger partial charge in [0.15, 0.2) is 0 Å². The van der Waals surface area contributed by atoms with E-state index < -0.39 is 6.04 Å². The number of amides is 1. The number of rotatable bonds is 1. The average Bonchev–Trinajstić information content (AvgIpc) is 2.49. The summed E-state index contributed by atoms with van der Waals surface area (Å²) in [6, 6.07) is -0.308. The van der Waals surface area contributed by atoms with Crippen LogP contribution >= 0.6 is 0 Å². The van der Waals surface area contributed by atoms with Gasteiger partial charge in [-0.15, -0.1) is 0 Å². The van der Waals surface area contributed by atoms with Crippen molar-refractivity contribution < 1.29 is 14.4 Å². The van der Waals surface area contributed by atoms with E-state index in [0.29, 0.717) is 19.8 Å². The van der Waals surface area contributed by atoms with Crippen molar-refractivity contribution in [1.82, 2.24) is 5.06 Å². The standard InChI is InChI=1S/C8H14N2O3/c9-7-5-13-10(8(7)11)6-1-3-12-4-2-6/h6-7H,1-5,9H2. The lowest BCUT2D eigenvalue weighted by atomic mass is 10.1. The number of hydrogen-bond donors (Lipinski definition) is 1. The molecule has 74 valence electrons. The van der Waals surface area contributed by atoms with Gasteiger partial charge >= 0.3 is 0 Å². The van der Waals surface area contributed by atoms with Gasteiger partial charge in [-0.05, 0) is 12.8 Å². The lowest BCUT2D eigenvalue weighted by Crippen LogP contribution is -2.42. The fourth-order valence-corrected chi connectivity index (χ4v) is 1.66. The smallest absolute Gasteiger partial charge is 0.265 e. The molecule has 2 aliphatic rings. The summed E-state index contributed by atoms with van der Waals surface area (Å²) in [5.41, 5.74) is 5.53. The van der Waals surface area contributed by atoms with E-state index in [1.54, 1.807) is 0 Å². The largest absolute Gasteiger partial charge is 0.381 e. The van der Waals surface area contributed by atoms with E-state index in [2.05, 4.69) is 0 Å². The van der Waals surface area contributed by atoms with Crippen LogP contribution in [0, 0.1) is 0 Å². The molecule has 0 aliphatic carbocycles. The van der Waals surface area contributed by atoms with Gasteiger partial charge in [-0.2, -0.15) is 0 Å². The molecule has 2 N–H and O–H groups in total. The van der Waals surface area contributed by atoms with Crippen molar-refractivity contribution in [2.24, 2.45) is 5.73 Å². The number of nitrogens with two attached hydrogens (primary N) is 1. The molecule has 2 rings (SSSR count). The van der Waals surface area contributed by atoms with Gasteiger partial charge in [0.2, 0.25) is 0 Å². The summed E-state index contributed by atoms with van der Waals surface area (Å²) in [4.78, 5) is 16.7. The van der Waals surface area contributed by atoms with Gasteiger partial charge in [0, 0.05) is 13.2 Å². The summed E-state index contributed by atoms with van der Waals surface area (Å²) < 4.78 is 5.20. The third-order valence-electron chi connectivity index (χ3n) is 2.45. The highest BCUT2D eigenvalue weighted by atomic mass is 16.7. The second-order valence-corrected chi connectivity index (χ2v) is 3.41. The van der Waals surface area contributed by atoms with E-state index >= 15 is 0 Å². The van der Waals surface area contributed by atoms with E-state index in [4.69, 9.17) is 15.3 Å². The Kier molecular flexibility index (Phi) is 2.48. The van der Waals surface area contributed by atoms with Crippen LogP contribution in [0.3, 0.4) is 0 Å². The van der Waals surface area contributed by atoms with Crippen molar-refractivity contribution in [2.45, 2.75) is 24.9 Å². The highest BCUT2D eigenvalue weighted by Crippen LogP contribution is 2.19. The van der Waals surface area contributed by atoms with Gasteiger partial charge in [-0.1, -0.05) is 0 Å². The molecule has 2 saturated heterocycles. The molecule has 5 heteroatoms. The van der Waals surface area contributed by atoms with Gasteiger partial charge in [0.05, 0.1) is 12.6 Å². The monoisotopic (exact) mass is 186 g/mol. The minimum Gasteiger partial charge on any atom is -0.381 e. The maximum atomic E-state index is 11.4. The Morgan fingerprint density at radius 1 is 1.38 bits per heavy atom. The summed E-state index contributed by atoms with van der Waals surface area (Å²) in [7, 11) is 0. The summed E-state index contributed by atoms with van der Waals surface area (Å²) in [5.74, 6) is -0.0908. The lowest BCUT2D eigenvalue weighted by molar-refractivity contribution is -0.181. The van der Waals surface area contributed by atoms with Gasteiger partial charge in [0.1, 0.15) is 6.04 Å². The molecule has 0 aromatic carbocycles. The molecule has 0 radical (unpaired) electrons. The molecular formula is C8H14N2O3. The maximum Gasteiger partial charge on any atom is 0.265 e. The Hall–Kier alpha value is -0.650. The molecule has 0 aromatic rings. The van der Waals surface area contributed by atoms with Crippen LogP contribution in [0.1, 0.15) is 12.8 Å². The van der Waals surface area contributed by atoms with Crippen molar-refractivity contribution in [3.05, 3.63) is 0 Å². The van der Waals surface area contributed by atoms with Crippen molar-refractivity contribution in [3.63, 3.8) is 0 Å². The summed E-state index contributed by atoms with van der Waals surface area (Å²) in [6.07, 6.45) is 1.69. The quantitative estimate of drug-likeness (QED) is 0.586. The van der Waals surface area contributed by atoms with Gasteiger partial charge < -0.3 is 10.5 Å². The van der Waals surface area contributed by atoms with E-state index in [1.807, 2.05) is 0 Å². The molecule has 2 aliphatic heterocycles. The number of carbonyl (C=O) groups is 1. The molecule has 0 bridgehead atoms. The van der Waals surface area contributed by atoms with Crippen LogP contribution < -0.4 is 5.73 Å². The summed E-state index contributed by atoms with van der Waals surface area (Å²) in [5, 5.41) is 1.44. The first-order chi connectivity index (χ1) is 6.29. The normalized spacial score (nSPS) is 31.3. The fourth-order valence-electron chi connectivity index (χ4n) is 1.66. The van der Waals surface area contributed by atoms with E-state index in [1.165, 1.54) is 5.06 Å². The second-order valence-electron chi connectivity index (χ2n) is 3.41. The van der Waals surface area contributed by atoms with Crippen molar-refractivity contribution in [3.8, 4) is 0 Å². The highest BCUT2D eigenvalue weighted by Gasteiger charge is 2.35. The minimum absolute atomic E-state index is 0.0908. The molecule has 2 heterocycles. The van der Waals surface area contributed by atoms with Crippen LogP contribution in [0.5, 0.6) is 0 Å². The molecular weight excluding hydrogens is 172 g/mol. The molecule has 0 saturated carbocycles. The predicted octanol–water partition coefficient (Wildman–Crippen LogP) is -0.734. The molecule has 1 atom stereocenters. The fraction of sp³-hybridized carbons (Fsp3) is 0.875. The van der Waals surface area contributed by atoms with Gasteiger partial charge in [-0.25, -0.2) is 5.06 Å². The Bertz CT molecular complexity index is 204. The predicted molar refractivity (Wildman–Crippen MR) is 44.6 cm³/mol. The van der Waals surface area contributed by atoms with Crippen LogP contribution in [0.4, 0.5) is 0 Å². The van der Waals surface area contributed by atoms with Gasteiger partial charge in [0.25, 0.3) is 5.91 Å². The molecule has 1 amide bonds. The van der Waals surface area contributed by atoms with Crippen LogP contribution in [0.25, 0.3) is 0 Å². The molecule has 13 heavy (non-hydrogen) atoms. The topological polar surface area (TPSA) is 64.8 Å². The number of carbonyl (C=O) groups excluding carboxylic acids is 1. The van der Waals surface area contributed by atoms with E-state index in [9.17, 15) is 4.79 Å². The Balaban J connectivity index is 1.96. The first kappa shape index (κ1) is 8.93. The maximum absolute atomic E-state index is 11.4. The molecule has 0 aromatic heterocycles. The van der Waals surface area contributed by atoms with Crippen molar-refractivity contribution in [2.75, 3.05) is 19.8 Å². The zero-order valence-electron chi connectivity index (χ0n) is 7.44. The Morgan fingerprint density at radius 2 is 2.08 bits per heavy atom. The highest BCUT2D eigenvalue weighted by molar-refractivity contribution is 5.82. The number of nitrogens with zero attached hydrogens (tertiary/aromatic N) is 1. The lowest BCUT2D eigenvalue weighted by Gasteiger charge is -2.29. The van der Waals surface area contributed by atoms with Crippen LogP contribution in [0.2, 0.25) is 0 Å². The third kappa shape index (κ3) is 1.67. The SMILES string of the molecule is NC1CON(C2CCOCC2)C1=O. The molecule has 5 nitrogen and oxygen atoms in total. The van der Waals surface area contributed by atoms with Gasteiger partial charge in [-0.3, -0.25) is 9.63 Å². The minimum atomic E-state index is -0.470. The second kappa shape index (κ2) is 3.61. The van der Waals surface area contributed by atoms with Crippen LogP contribution in [-0.2, 0) is 14.4 Å². The Labute approximate surface area is 76.7 Å². The number of hydrogen-bond acceptors (Lipinski definition) is 4. The number of ether oxygens (including phenoxy) is 1. The van der Waals surface area contributed by atoms with Crippen molar-refractivity contribution in [1.29, 1.82) is 0 Å². The third-order valence-corrected chi connectivity index (χ3v) is 2.45. The summed E-state index contributed by atoms with van der Waals surface area (Å²) in [6.45, 7) is 1.72. The molecule has 1 unspecified atom stereocenters. The van der Waals surface area contributed by atoms with Crippen molar-refractivity contribution >= 4 is 5.91 Å². The van der Waals surface area contributed by atoms with Crippen LogP contribution in [0.15, 0.2) is 0 Å². The van der Waals surface area contributed by atoms with Crippen LogP contribution in [-0.4, -0.2) is 42.9 Å². The molecule has 0 spiro atoms.